The molecular weight excluding hydrogens is 402 g/mol. The van der Waals surface area contributed by atoms with Crippen molar-refractivity contribution in [3.8, 4) is 11.1 Å². The lowest BCUT2D eigenvalue weighted by atomic mass is 10.0. The topological polar surface area (TPSA) is 48.1 Å². The number of rotatable bonds is 4. The summed E-state index contributed by atoms with van der Waals surface area (Å²) >= 11 is 7.72. The van der Waals surface area contributed by atoms with Gasteiger partial charge in [0.2, 0.25) is 0 Å². The molecule has 3 heterocycles. The van der Waals surface area contributed by atoms with Gasteiger partial charge < -0.3 is 15.2 Å². The molecule has 0 aliphatic carbocycles. The van der Waals surface area contributed by atoms with Crippen LogP contribution in [0, 0.1) is 0 Å². The molecule has 1 amide bonds. The highest BCUT2D eigenvalue weighted by Gasteiger charge is 2.28. The number of fused-ring (bicyclic) bond motifs is 1. The number of aromatic amines is 1. The first kappa shape index (κ1) is 18.3. The number of amides is 1. The molecule has 6 heteroatoms. The number of carbonyl (C=O) groups excluding carboxylic acids is 1. The smallest absolute Gasteiger partial charge is 0.254 e. The number of anilines is 1. The van der Waals surface area contributed by atoms with Gasteiger partial charge in [-0.25, -0.2) is 0 Å². The SMILES string of the molecule is O=C(c1ccccc1-c1ccsc1)N1CC[C@@H](Nc2cc3ccc(Cl)cc3[nH]2)C1. The lowest BCUT2D eigenvalue weighted by molar-refractivity contribution is 0.0792. The van der Waals surface area contributed by atoms with E-state index in [9.17, 15) is 4.79 Å². The number of hydrogen-bond donors (Lipinski definition) is 2. The van der Waals surface area contributed by atoms with Gasteiger partial charge in [0.1, 0.15) is 5.82 Å². The second-order valence-electron chi connectivity index (χ2n) is 7.35. The molecule has 2 N–H and O–H groups in total. The Kier molecular flexibility index (Phi) is 4.78. The predicted octanol–water partition coefficient (Wildman–Crippen LogP) is 5.88. The quantitative estimate of drug-likeness (QED) is 0.432. The largest absolute Gasteiger partial charge is 0.367 e. The van der Waals surface area contributed by atoms with E-state index in [1.54, 1.807) is 11.3 Å². The summed E-state index contributed by atoms with van der Waals surface area (Å²) in [6.07, 6.45) is 0.919. The first-order valence-corrected chi connectivity index (χ1v) is 10.9. The Balaban J connectivity index is 1.31. The fraction of sp³-hybridized carbons (Fsp3) is 0.174. The van der Waals surface area contributed by atoms with E-state index in [1.807, 2.05) is 52.7 Å². The Hall–Kier alpha value is -2.76. The highest BCUT2D eigenvalue weighted by molar-refractivity contribution is 7.08. The van der Waals surface area contributed by atoms with E-state index < -0.39 is 0 Å². The number of likely N-dealkylation sites (tertiary alicyclic amines) is 1. The molecule has 4 aromatic rings. The van der Waals surface area contributed by atoms with Gasteiger partial charge in [-0.3, -0.25) is 4.79 Å². The third-order valence-electron chi connectivity index (χ3n) is 5.41. The van der Waals surface area contributed by atoms with Crippen LogP contribution in [0.4, 0.5) is 5.82 Å². The average molecular weight is 422 g/mol. The lowest BCUT2D eigenvalue weighted by Gasteiger charge is -2.19. The van der Waals surface area contributed by atoms with Crippen LogP contribution >= 0.6 is 22.9 Å². The van der Waals surface area contributed by atoms with Crippen LogP contribution in [-0.2, 0) is 0 Å². The molecule has 0 spiro atoms. The number of benzene rings is 2. The Morgan fingerprint density at radius 3 is 2.93 bits per heavy atom. The summed E-state index contributed by atoms with van der Waals surface area (Å²) < 4.78 is 0. The highest BCUT2D eigenvalue weighted by atomic mass is 35.5. The van der Waals surface area contributed by atoms with Crippen molar-refractivity contribution >= 4 is 45.6 Å². The minimum absolute atomic E-state index is 0.0968. The van der Waals surface area contributed by atoms with Crippen LogP contribution < -0.4 is 5.32 Å². The summed E-state index contributed by atoms with van der Waals surface area (Å²) in [7, 11) is 0. The van der Waals surface area contributed by atoms with E-state index in [-0.39, 0.29) is 11.9 Å². The second kappa shape index (κ2) is 7.58. The zero-order chi connectivity index (χ0) is 19.8. The minimum atomic E-state index is 0.0968. The first-order valence-electron chi connectivity index (χ1n) is 9.63. The number of H-pyrrole nitrogens is 1. The molecule has 5 rings (SSSR count). The molecule has 1 saturated heterocycles. The fourth-order valence-corrected chi connectivity index (χ4v) is 4.80. The zero-order valence-electron chi connectivity index (χ0n) is 15.7. The maximum absolute atomic E-state index is 13.2. The molecule has 1 aliphatic heterocycles. The maximum Gasteiger partial charge on any atom is 0.254 e. The third-order valence-corrected chi connectivity index (χ3v) is 6.33. The van der Waals surface area contributed by atoms with E-state index >= 15 is 0 Å². The second-order valence-corrected chi connectivity index (χ2v) is 8.57. The van der Waals surface area contributed by atoms with Gasteiger partial charge in [0.05, 0.1) is 0 Å². The van der Waals surface area contributed by atoms with Crippen LogP contribution in [0.2, 0.25) is 5.02 Å². The number of carbonyl (C=O) groups is 1. The van der Waals surface area contributed by atoms with Crippen LogP contribution in [0.15, 0.2) is 65.4 Å². The third kappa shape index (κ3) is 3.63. The molecule has 146 valence electrons. The van der Waals surface area contributed by atoms with Crippen molar-refractivity contribution < 1.29 is 4.79 Å². The van der Waals surface area contributed by atoms with Gasteiger partial charge >= 0.3 is 0 Å². The first-order chi connectivity index (χ1) is 14.2. The monoisotopic (exact) mass is 421 g/mol. The normalized spacial score (nSPS) is 16.4. The highest BCUT2D eigenvalue weighted by Crippen LogP contribution is 2.28. The van der Waals surface area contributed by atoms with Gasteiger partial charge in [0.25, 0.3) is 5.91 Å². The zero-order valence-corrected chi connectivity index (χ0v) is 17.3. The Morgan fingerprint density at radius 2 is 2.07 bits per heavy atom. The number of hydrogen-bond acceptors (Lipinski definition) is 3. The van der Waals surface area contributed by atoms with Crippen LogP contribution in [0.5, 0.6) is 0 Å². The van der Waals surface area contributed by atoms with Crippen LogP contribution in [-0.4, -0.2) is 34.9 Å². The number of aromatic nitrogens is 1. The molecule has 0 bridgehead atoms. The number of nitrogens with one attached hydrogen (secondary N) is 2. The average Bonchev–Trinajstić information content (AvgIpc) is 3.48. The van der Waals surface area contributed by atoms with Gasteiger partial charge in [-0.05, 0) is 58.6 Å². The summed E-state index contributed by atoms with van der Waals surface area (Å²) in [6.45, 7) is 1.44. The van der Waals surface area contributed by atoms with Crippen LogP contribution in [0.1, 0.15) is 16.8 Å². The molecule has 0 saturated carbocycles. The molecular formula is C23H20ClN3OS. The van der Waals surface area contributed by atoms with Crippen molar-refractivity contribution in [2.24, 2.45) is 0 Å². The molecule has 1 fully saturated rings. The van der Waals surface area contributed by atoms with Crippen molar-refractivity contribution in [2.45, 2.75) is 12.5 Å². The van der Waals surface area contributed by atoms with Gasteiger partial charge in [-0.1, -0.05) is 35.9 Å². The van der Waals surface area contributed by atoms with E-state index in [0.29, 0.717) is 11.6 Å². The number of nitrogens with zero attached hydrogens (tertiary/aromatic N) is 1. The minimum Gasteiger partial charge on any atom is -0.367 e. The van der Waals surface area contributed by atoms with Gasteiger partial charge in [-0.15, -0.1) is 0 Å². The van der Waals surface area contributed by atoms with Gasteiger partial charge in [0, 0.05) is 40.6 Å². The predicted molar refractivity (Wildman–Crippen MR) is 121 cm³/mol. The van der Waals surface area contributed by atoms with Crippen molar-refractivity contribution in [3.05, 3.63) is 75.9 Å². The van der Waals surface area contributed by atoms with E-state index in [1.165, 1.54) is 0 Å². The molecule has 1 atom stereocenters. The summed E-state index contributed by atoms with van der Waals surface area (Å²) in [4.78, 5) is 18.5. The Bertz CT molecular complexity index is 1170. The standard InChI is InChI=1S/C23H20ClN3OS/c24-17-6-5-15-11-22(26-21(15)12-17)25-18-7-9-27(13-18)23(28)20-4-2-1-3-19(20)16-8-10-29-14-16/h1-6,8,10-12,14,18,25-26H,7,9,13H2/t18-/m1/s1. The molecule has 2 aromatic carbocycles. The number of thiophene rings is 1. The molecule has 2 aromatic heterocycles. The maximum atomic E-state index is 13.2. The van der Waals surface area contributed by atoms with E-state index in [4.69, 9.17) is 11.6 Å². The molecule has 0 radical (unpaired) electrons. The molecule has 1 aliphatic rings. The van der Waals surface area contributed by atoms with Gasteiger partial charge in [0.15, 0.2) is 0 Å². The van der Waals surface area contributed by atoms with Crippen LogP contribution in [0.3, 0.4) is 0 Å². The lowest BCUT2D eigenvalue weighted by Crippen LogP contribution is -2.31. The van der Waals surface area contributed by atoms with Crippen molar-refractivity contribution in [2.75, 3.05) is 18.4 Å². The van der Waals surface area contributed by atoms with E-state index in [0.717, 1.165) is 46.4 Å². The summed E-state index contributed by atoms with van der Waals surface area (Å²) in [5.74, 6) is 1.06. The molecule has 29 heavy (non-hydrogen) atoms. The fourth-order valence-electron chi connectivity index (χ4n) is 3.97. The van der Waals surface area contributed by atoms with E-state index in [2.05, 4.69) is 27.8 Å². The van der Waals surface area contributed by atoms with Gasteiger partial charge in [-0.2, -0.15) is 11.3 Å². The summed E-state index contributed by atoms with van der Waals surface area (Å²) in [5.41, 5.74) is 3.88. The summed E-state index contributed by atoms with van der Waals surface area (Å²) in [6, 6.07) is 18.1. The molecule has 0 unspecified atom stereocenters. The van der Waals surface area contributed by atoms with Crippen molar-refractivity contribution in [1.82, 2.24) is 9.88 Å². The Morgan fingerprint density at radius 1 is 1.17 bits per heavy atom. The molecule has 4 nitrogen and oxygen atoms in total. The Labute approximate surface area is 178 Å². The van der Waals surface area contributed by atoms with Crippen molar-refractivity contribution in [1.29, 1.82) is 0 Å². The summed E-state index contributed by atoms with van der Waals surface area (Å²) in [5, 5.41) is 9.50. The number of halogens is 1. The van der Waals surface area contributed by atoms with Crippen LogP contribution in [0.25, 0.3) is 22.0 Å². The van der Waals surface area contributed by atoms with Crippen molar-refractivity contribution in [3.63, 3.8) is 0 Å².